The Bertz CT molecular complexity index is 765. The number of nitrogens with zero attached hydrogens (tertiary/aromatic N) is 3. The van der Waals surface area contributed by atoms with Crippen LogP contribution in [0.4, 0.5) is 0 Å². The molecule has 1 amide bonds. The van der Waals surface area contributed by atoms with Gasteiger partial charge in [0.25, 0.3) is 5.91 Å². The molecule has 6 nitrogen and oxygen atoms in total. The van der Waals surface area contributed by atoms with Crippen LogP contribution < -0.4 is 11.1 Å². The molecule has 1 atom stereocenters. The number of amides is 1. The Hall–Kier alpha value is -1.37. The summed E-state index contributed by atoms with van der Waals surface area (Å²) < 4.78 is 1.91. The molecular formula is C18H31Cl2N5O. The van der Waals surface area contributed by atoms with E-state index >= 15 is 0 Å². The predicted molar refractivity (Wildman–Crippen MR) is 112 cm³/mol. The van der Waals surface area contributed by atoms with Crippen molar-refractivity contribution < 1.29 is 4.79 Å². The number of carbonyl (C=O) groups excluding carboxylic acids is 1. The van der Waals surface area contributed by atoms with Crippen LogP contribution in [-0.2, 0) is 5.54 Å². The van der Waals surface area contributed by atoms with Gasteiger partial charge in [-0.2, -0.15) is 5.10 Å². The van der Waals surface area contributed by atoms with Crippen molar-refractivity contribution in [3.8, 4) is 0 Å². The van der Waals surface area contributed by atoms with Crippen molar-refractivity contribution in [3.05, 3.63) is 23.0 Å². The molecule has 2 aromatic rings. The zero-order valence-corrected chi connectivity index (χ0v) is 18.2. The lowest BCUT2D eigenvalue weighted by Crippen LogP contribution is -2.38. The van der Waals surface area contributed by atoms with Gasteiger partial charge in [0.2, 0.25) is 0 Å². The Balaban J connectivity index is 0.00000312. The topological polar surface area (TPSA) is 85.8 Å². The number of rotatable bonds is 4. The molecule has 2 rings (SSSR count). The normalized spacial score (nSPS) is 12.5. The van der Waals surface area contributed by atoms with Crippen molar-refractivity contribution >= 4 is 41.8 Å². The van der Waals surface area contributed by atoms with Gasteiger partial charge in [0.1, 0.15) is 0 Å². The highest BCUT2D eigenvalue weighted by Crippen LogP contribution is 2.28. The monoisotopic (exact) mass is 403 g/mol. The Kier molecular flexibility index (Phi) is 8.54. The molecule has 0 aliphatic carbocycles. The zero-order chi connectivity index (χ0) is 18.2. The third kappa shape index (κ3) is 4.87. The van der Waals surface area contributed by atoms with Crippen molar-refractivity contribution in [2.75, 3.05) is 6.54 Å². The van der Waals surface area contributed by atoms with Crippen LogP contribution in [0.25, 0.3) is 11.0 Å². The number of aryl methyl sites for hydroxylation is 1. The molecule has 8 heteroatoms. The summed E-state index contributed by atoms with van der Waals surface area (Å²) in [5.74, 6) is 0.0929. The van der Waals surface area contributed by atoms with Gasteiger partial charge in [-0.3, -0.25) is 4.79 Å². The van der Waals surface area contributed by atoms with E-state index < -0.39 is 0 Å². The van der Waals surface area contributed by atoms with Crippen molar-refractivity contribution in [1.29, 1.82) is 0 Å². The van der Waals surface area contributed by atoms with Gasteiger partial charge >= 0.3 is 0 Å². The fourth-order valence-corrected chi connectivity index (χ4v) is 2.61. The molecule has 0 aromatic carbocycles. The van der Waals surface area contributed by atoms with Crippen LogP contribution in [0.3, 0.4) is 0 Å². The summed E-state index contributed by atoms with van der Waals surface area (Å²) in [6, 6.07) is 1.80. The Labute approximate surface area is 168 Å². The lowest BCUT2D eigenvalue weighted by atomic mass is 10.0. The van der Waals surface area contributed by atoms with Gasteiger partial charge in [0.15, 0.2) is 5.65 Å². The van der Waals surface area contributed by atoms with Crippen molar-refractivity contribution in [1.82, 2.24) is 20.1 Å². The first-order valence-corrected chi connectivity index (χ1v) is 8.48. The largest absolute Gasteiger partial charge is 0.348 e. The van der Waals surface area contributed by atoms with Gasteiger partial charge in [-0.15, -0.1) is 24.8 Å². The first-order valence-electron chi connectivity index (χ1n) is 8.48. The minimum atomic E-state index is -0.215. The molecule has 0 saturated heterocycles. The highest BCUT2D eigenvalue weighted by Gasteiger charge is 2.25. The maximum Gasteiger partial charge on any atom is 0.252 e. The first kappa shape index (κ1) is 24.6. The molecule has 0 aliphatic heterocycles. The number of fused-ring (bicyclic) bond motifs is 1. The molecule has 0 unspecified atom stereocenters. The molecule has 26 heavy (non-hydrogen) atoms. The van der Waals surface area contributed by atoms with Crippen LogP contribution >= 0.6 is 24.8 Å². The predicted octanol–water partition coefficient (Wildman–Crippen LogP) is 3.54. The summed E-state index contributed by atoms with van der Waals surface area (Å²) >= 11 is 0. The van der Waals surface area contributed by atoms with E-state index in [1.54, 1.807) is 0 Å². The molecule has 0 fully saturated rings. The van der Waals surface area contributed by atoms with Crippen LogP contribution in [0.2, 0.25) is 0 Å². The average Bonchev–Trinajstić information content (AvgIpc) is 2.83. The maximum absolute atomic E-state index is 12.8. The molecule has 0 saturated carbocycles. The van der Waals surface area contributed by atoms with E-state index in [0.717, 1.165) is 22.4 Å². The van der Waals surface area contributed by atoms with E-state index in [1.807, 2.05) is 24.6 Å². The minimum Gasteiger partial charge on any atom is -0.348 e. The number of hydrogen-bond acceptors (Lipinski definition) is 4. The minimum absolute atomic E-state index is 0. The number of halogens is 2. The Morgan fingerprint density at radius 3 is 2.31 bits per heavy atom. The van der Waals surface area contributed by atoms with Crippen molar-refractivity contribution in [3.63, 3.8) is 0 Å². The second-order valence-corrected chi connectivity index (χ2v) is 7.73. The summed E-state index contributed by atoms with van der Waals surface area (Å²) in [6.45, 7) is 14.6. The SMILES string of the molecule is Cc1nn(C(C)(C)C)c2nc(C(C)C)cc(C(=O)N[C@@H](C)CN)c12.Cl.Cl. The fraction of sp³-hybridized carbons (Fsp3) is 0.611. The van der Waals surface area contributed by atoms with Crippen LogP contribution in [0.1, 0.15) is 69.2 Å². The molecule has 148 valence electrons. The van der Waals surface area contributed by atoms with Crippen molar-refractivity contribution in [2.24, 2.45) is 5.73 Å². The summed E-state index contributed by atoms with van der Waals surface area (Å²) in [7, 11) is 0. The number of hydrogen-bond donors (Lipinski definition) is 2. The Morgan fingerprint density at radius 2 is 1.85 bits per heavy atom. The Morgan fingerprint density at radius 1 is 1.27 bits per heavy atom. The lowest BCUT2D eigenvalue weighted by molar-refractivity contribution is 0.0942. The highest BCUT2D eigenvalue weighted by atomic mass is 35.5. The standard InChI is InChI=1S/C18H29N5O.2ClH/c1-10(2)14-8-13(17(24)20-11(3)9-19)15-12(4)22-23(16(15)21-14)18(5,6)7;;/h8,10-11H,9,19H2,1-7H3,(H,20,24);2*1H/t11-;;/m0../s1. The molecule has 0 spiro atoms. The second kappa shape index (κ2) is 9.02. The highest BCUT2D eigenvalue weighted by molar-refractivity contribution is 6.06. The van der Waals surface area contributed by atoms with E-state index in [4.69, 9.17) is 10.7 Å². The number of nitrogens with one attached hydrogen (secondary N) is 1. The van der Waals surface area contributed by atoms with E-state index in [9.17, 15) is 4.79 Å². The van der Waals surface area contributed by atoms with Crippen LogP contribution in [0, 0.1) is 6.92 Å². The summed E-state index contributed by atoms with van der Waals surface area (Å²) in [5, 5.41) is 8.42. The number of pyridine rings is 1. The summed E-state index contributed by atoms with van der Waals surface area (Å²) in [5.41, 5.74) is 8.51. The zero-order valence-electron chi connectivity index (χ0n) is 16.6. The van der Waals surface area contributed by atoms with Crippen LogP contribution in [0.15, 0.2) is 6.07 Å². The van der Waals surface area contributed by atoms with E-state index in [1.165, 1.54) is 0 Å². The van der Waals surface area contributed by atoms with Gasteiger partial charge in [0.05, 0.1) is 22.2 Å². The van der Waals surface area contributed by atoms with Gasteiger partial charge in [0, 0.05) is 18.3 Å². The quantitative estimate of drug-likeness (QED) is 0.816. The maximum atomic E-state index is 12.8. The van der Waals surface area contributed by atoms with Gasteiger partial charge in [-0.25, -0.2) is 9.67 Å². The van der Waals surface area contributed by atoms with Crippen molar-refractivity contribution in [2.45, 2.75) is 66.0 Å². The van der Waals surface area contributed by atoms with E-state index in [2.05, 4.69) is 45.0 Å². The van der Waals surface area contributed by atoms with E-state index in [0.29, 0.717) is 12.1 Å². The van der Waals surface area contributed by atoms with E-state index in [-0.39, 0.29) is 48.2 Å². The lowest BCUT2D eigenvalue weighted by Gasteiger charge is -2.20. The molecule has 0 aliphatic rings. The fourth-order valence-electron chi connectivity index (χ4n) is 2.61. The molecular weight excluding hydrogens is 373 g/mol. The molecule has 0 bridgehead atoms. The molecule has 2 heterocycles. The number of nitrogens with two attached hydrogens (primary N) is 1. The number of carbonyl (C=O) groups is 1. The van der Waals surface area contributed by atoms with Crippen LogP contribution in [-0.4, -0.2) is 33.3 Å². The summed E-state index contributed by atoms with van der Waals surface area (Å²) in [6.07, 6.45) is 0. The van der Waals surface area contributed by atoms with Gasteiger partial charge in [-0.05, 0) is 46.6 Å². The third-order valence-electron chi connectivity index (χ3n) is 4.04. The second-order valence-electron chi connectivity index (χ2n) is 7.73. The first-order chi connectivity index (χ1) is 11.1. The molecule has 2 aromatic heterocycles. The molecule has 0 radical (unpaired) electrons. The average molecular weight is 404 g/mol. The van der Waals surface area contributed by atoms with Crippen LogP contribution in [0.5, 0.6) is 0 Å². The third-order valence-corrected chi connectivity index (χ3v) is 4.04. The molecule has 3 N–H and O–H groups in total. The van der Waals surface area contributed by atoms with Gasteiger partial charge in [-0.1, -0.05) is 13.8 Å². The summed E-state index contributed by atoms with van der Waals surface area (Å²) in [4.78, 5) is 17.6. The number of aromatic nitrogens is 3. The van der Waals surface area contributed by atoms with Gasteiger partial charge < -0.3 is 11.1 Å². The smallest absolute Gasteiger partial charge is 0.252 e.